The summed E-state index contributed by atoms with van der Waals surface area (Å²) in [6.45, 7) is 6.97. The van der Waals surface area contributed by atoms with Crippen LogP contribution in [0, 0.1) is 0 Å². The van der Waals surface area contributed by atoms with E-state index >= 15 is 0 Å². The molecule has 0 amide bonds. The molecule has 0 saturated heterocycles. The minimum atomic E-state index is 0.369. The molecule has 0 spiro atoms. The summed E-state index contributed by atoms with van der Waals surface area (Å²) >= 11 is 12.1. The maximum absolute atomic E-state index is 6.12. The van der Waals surface area contributed by atoms with E-state index in [0.29, 0.717) is 16.1 Å². The van der Waals surface area contributed by atoms with Crippen molar-refractivity contribution in [3.05, 3.63) is 46.5 Å². The lowest BCUT2D eigenvalue weighted by Gasteiger charge is -2.19. The van der Waals surface area contributed by atoms with Crippen molar-refractivity contribution in [1.29, 1.82) is 0 Å². The minimum absolute atomic E-state index is 0.369. The Morgan fingerprint density at radius 1 is 1.20 bits per heavy atom. The van der Waals surface area contributed by atoms with E-state index in [-0.39, 0.29) is 0 Å². The van der Waals surface area contributed by atoms with E-state index in [1.54, 1.807) is 0 Å². The molecule has 1 aromatic rings. The van der Waals surface area contributed by atoms with E-state index in [9.17, 15) is 0 Å². The Morgan fingerprint density at radius 2 is 2.00 bits per heavy atom. The van der Waals surface area contributed by atoms with Gasteiger partial charge in [-0.25, -0.2) is 0 Å². The van der Waals surface area contributed by atoms with Gasteiger partial charge in [0, 0.05) is 6.04 Å². The molecule has 0 aliphatic heterocycles. The van der Waals surface area contributed by atoms with Gasteiger partial charge in [-0.15, -0.1) is 6.58 Å². The van der Waals surface area contributed by atoms with E-state index in [2.05, 4.69) is 24.9 Å². The molecule has 1 atom stereocenters. The van der Waals surface area contributed by atoms with Crippen molar-refractivity contribution in [3.63, 3.8) is 0 Å². The molecule has 1 N–H and O–H groups in total. The molecule has 0 bridgehead atoms. The van der Waals surface area contributed by atoms with Crippen molar-refractivity contribution >= 4 is 23.2 Å². The van der Waals surface area contributed by atoms with Crippen LogP contribution < -0.4 is 5.32 Å². The zero-order chi connectivity index (χ0) is 14.8. The third-order valence-electron chi connectivity index (χ3n) is 3.39. The van der Waals surface area contributed by atoms with E-state index in [0.717, 1.165) is 25.8 Å². The Hall–Kier alpha value is -0.500. The molecule has 0 fully saturated rings. The van der Waals surface area contributed by atoms with Gasteiger partial charge in [-0.05, 0) is 49.9 Å². The third kappa shape index (κ3) is 6.30. The van der Waals surface area contributed by atoms with Crippen LogP contribution >= 0.6 is 23.2 Å². The number of unbranched alkanes of at least 4 members (excludes halogenated alkanes) is 3. The van der Waals surface area contributed by atoms with Crippen LogP contribution in [0.5, 0.6) is 0 Å². The van der Waals surface area contributed by atoms with E-state index < -0.39 is 0 Å². The molecule has 1 rings (SSSR count). The van der Waals surface area contributed by atoms with Crippen LogP contribution in [0.4, 0.5) is 0 Å². The summed E-state index contributed by atoms with van der Waals surface area (Å²) in [7, 11) is 0. The molecule has 0 radical (unpaired) electrons. The van der Waals surface area contributed by atoms with Crippen molar-refractivity contribution in [2.75, 3.05) is 6.54 Å². The number of halogens is 2. The number of benzene rings is 1. The molecule has 0 aliphatic rings. The first kappa shape index (κ1) is 17.6. The van der Waals surface area contributed by atoms with Gasteiger partial charge in [-0.3, -0.25) is 0 Å². The smallest absolute Gasteiger partial charge is 0.0595 e. The summed E-state index contributed by atoms with van der Waals surface area (Å²) in [6.07, 6.45) is 9.06. The first-order chi connectivity index (χ1) is 9.69. The second-order valence-corrected chi connectivity index (χ2v) is 5.92. The molecular weight excluding hydrogens is 289 g/mol. The van der Waals surface area contributed by atoms with Gasteiger partial charge in [0.15, 0.2) is 0 Å². The predicted molar refractivity (Wildman–Crippen MR) is 90.8 cm³/mol. The van der Waals surface area contributed by atoms with Crippen LogP contribution in [0.3, 0.4) is 0 Å². The highest BCUT2D eigenvalue weighted by molar-refractivity contribution is 6.42. The van der Waals surface area contributed by atoms with Crippen LogP contribution in [0.1, 0.15) is 57.1 Å². The predicted octanol–water partition coefficient (Wildman–Crippen LogP) is 6.17. The van der Waals surface area contributed by atoms with Crippen LogP contribution in [0.15, 0.2) is 30.9 Å². The fraction of sp³-hybridized carbons (Fsp3) is 0.529. The summed E-state index contributed by atoms with van der Waals surface area (Å²) in [6, 6.07) is 6.32. The maximum Gasteiger partial charge on any atom is 0.0595 e. The zero-order valence-electron chi connectivity index (χ0n) is 12.3. The monoisotopic (exact) mass is 313 g/mol. The molecule has 0 aliphatic carbocycles. The fourth-order valence-electron chi connectivity index (χ4n) is 2.25. The van der Waals surface area contributed by atoms with Crippen LogP contribution in [0.25, 0.3) is 0 Å². The lowest BCUT2D eigenvalue weighted by molar-refractivity contribution is 0.472. The lowest BCUT2D eigenvalue weighted by Crippen LogP contribution is -2.22. The molecule has 20 heavy (non-hydrogen) atoms. The van der Waals surface area contributed by atoms with Gasteiger partial charge in [0.1, 0.15) is 0 Å². The van der Waals surface area contributed by atoms with Gasteiger partial charge >= 0.3 is 0 Å². The van der Waals surface area contributed by atoms with Crippen molar-refractivity contribution in [3.8, 4) is 0 Å². The SMILES string of the molecule is C=CCCCCCC(NCCC)c1ccc(Cl)c(Cl)c1. The summed E-state index contributed by atoms with van der Waals surface area (Å²) in [5.41, 5.74) is 1.23. The Bertz CT molecular complexity index is 404. The Morgan fingerprint density at radius 3 is 2.65 bits per heavy atom. The highest BCUT2D eigenvalue weighted by Crippen LogP contribution is 2.28. The molecule has 0 heterocycles. The zero-order valence-corrected chi connectivity index (χ0v) is 13.8. The highest BCUT2D eigenvalue weighted by atomic mass is 35.5. The largest absolute Gasteiger partial charge is 0.310 e. The average Bonchev–Trinajstić information content (AvgIpc) is 2.45. The third-order valence-corrected chi connectivity index (χ3v) is 4.13. The molecule has 1 aromatic carbocycles. The fourth-order valence-corrected chi connectivity index (χ4v) is 2.55. The molecule has 3 heteroatoms. The van der Waals surface area contributed by atoms with Crippen LogP contribution in [-0.4, -0.2) is 6.54 Å². The normalized spacial score (nSPS) is 12.3. The quantitative estimate of drug-likeness (QED) is 0.402. The van der Waals surface area contributed by atoms with Gasteiger partial charge < -0.3 is 5.32 Å². The summed E-state index contributed by atoms with van der Waals surface area (Å²) in [5.74, 6) is 0. The van der Waals surface area contributed by atoms with E-state index in [1.165, 1.54) is 24.8 Å². The summed E-state index contributed by atoms with van der Waals surface area (Å²) in [4.78, 5) is 0. The Labute approximate surface area is 133 Å². The van der Waals surface area contributed by atoms with Crippen molar-refractivity contribution in [2.45, 2.75) is 51.5 Å². The molecule has 0 aromatic heterocycles. The molecule has 112 valence electrons. The molecule has 1 nitrogen and oxygen atoms in total. The van der Waals surface area contributed by atoms with Crippen molar-refractivity contribution in [1.82, 2.24) is 5.32 Å². The van der Waals surface area contributed by atoms with Gasteiger partial charge in [0.2, 0.25) is 0 Å². The molecular formula is C17H25Cl2N. The standard InChI is InChI=1S/C17H25Cl2N/c1-3-5-6-7-8-9-17(20-12-4-2)14-10-11-15(18)16(19)13-14/h3,10-11,13,17,20H,1,4-9,12H2,2H3. The average molecular weight is 314 g/mol. The van der Waals surface area contributed by atoms with E-state index in [1.807, 2.05) is 18.2 Å². The number of hydrogen-bond acceptors (Lipinski definition) is 1. The topological polar surface area (TPSA) is 12.0 Å². The number of rotatable bonds is 10. The molecule has 0 saturated carbocycles. The summed E-state index contributed by atoms with van der Waals surface area (Å²) < 4.78 is 0. The number of allylic oxidation sites excluding steroid dienone is 1. The Balaban J connectivity index is 2.57. The maximum atomic E-state index is 6.12. The second kappa shape index (κ2) is 10.3. The second-order valence-electron chi connectivity index (χ2n) is 5.11. The Kier molecular flexibility index (Phi) is 9.00. The van der Waals surface area contributed by atoms with Crippen LogP contribution in [-0.2, 0) is 0 Å². The first-order valence-corrected chi connectivity index (χ1v) is 8.23. The number of nitrogens with one attached hydrogen (secondary N) is 1. The lowest BCUT2D eigenvalue weighted by atomic mass is 9.99. The van der Waals surface area contributed by atoms with Gasteiger partial charge in [-0.1, -0.05) is 55.1 Å². The van der Waals surface area contributed by atoms with Crippen molar-refractivity contribution < 1.29 is 0 Å². The van der Waals surface area contributed by atoms with Crippen molar-refractivity contribution in [2.24, 2.45) is 0 Å². The van der Waals surface area contributed by atoms with E-state index in [4.69, 9.17) is 23.2 Å². The summed E-state index contributed by atoms with van der Waals surface area (Å²) in [5, 5.41) is 4.86. The van der Waals surface area contributed by atoms with Gasteiger partial charge in [0.05, 0.1) is 10.0 Å². The number of hydrogen-bond donors (Lipinski definition) is 1. The van der Waals surface area contributed by atoms with Gasteiger partial charge in [0.25, 0.3) is 0 Å². The first-order valence-electron chi connectivity index (χ1n) is 7.48. The highest BCUT2D eigenvalue weighted by Gasteiger charge is 2.11. The van der Waals surface area contributed by atoms with Crippen LogP contribution in [0.2, 0.25) is 10.0 Å². The molecule has 1 unspecified atom stereocenters. The minimum Gasteiger partial charge on any atom is -0.310 e. The van der Waals surface area contributed by atoms with Gasteiger partial charge in [-0.2, -0.15) is 0 Å².